The summed E-state index contributed by atoms with van der Waals surface area (Å²) in [5, 5.41) is 11.6. The van der Waals surface area contributed by atoms with E-state index in [0.717, 1.165) is 36.1 Å². The van der Waals surface area contributed by atoms with Crippen LogP contribution in [0.2, 0.25) is 0 Å². The molecule has 1 atom stereocenters. The Morgan fingerprint density at radius 1 is 1.25 bits per heavy atom. The molecule has 3 nitrogen and oxygen atoms in total. The first-order chi connectivity index (χ1) is 7.86. The molecule has 1 aliphatic heterocycles. The van der Waals surface area contributed by atoms with Crippen molar-refractivity contribution in [3.05, 3.63) is 52.8 Å². The van der Waals surface area contributed by atoms with Crippen molar-refractivity contribution >= 4 is 5.71 Å². The van der Waals surface area contributed by atoms with Crippen molar-refractivity contribution in [1.29, 1.82) is 0 Å². The number of allylic oxidation sites excluding steroid dienone is 1. The minimum atomic E-state index is -0.200. The van der Waals surface area contributed by atoms with Crippen molar-refractivity contribution < 1.29 is 9.74 Å². The van der Waals surface area contributed by atoms with Gasteiger partial charge in [0.2, 0.25) is 5.71 Å². The molecule has 0 spiro atoms. The molecule has 0 bridgehead atoms. The molecule has 0 amide bonds. The quantitative estimate of drug-likeness (QED) is 0.675. The van der Waals surface area contributed by atoms with Crippen LogP contribution in [0.25, 0.3) is 0 Å². The minimum absolute atomic E-state index is 0.200. The zero-order valence-corrected chi connectivity index (χ0v) is 8.93. The van der Waals surface area contributed by atoms with Crippen LogP contribution in [-0.2, 0) is 4.84 Å². The van der Waals surface area contributed by atoms with E-state index >= 15 is 0 Å². The minimum Gasteiger partial charge on any atom is -0.390 e. The van der Waals surface area contributed by atoms with E-state index in [4.69, 9.17) is 4.84 Å². The van der Waals surface area contributed by atoms with Gasteiger partial charge in [-0.15, -0.1) is 0 Å². The summed E-state index contributed by atoms with van der Waals surface area (Å²) in [6.07, 6.45) is 4.85. The SMILES string of the molecule is [O-][N+]1=C2CCCC=C2C(c2ccccc2)O1. The third-order valence-corrected chi connectivity index (χ3v) is 3.12. The van der Waals surface area contributed by atoms with Gasteiger partial charge in [0.1, 0.15) is 6.10 Å². The van der Waals surface area contributed by atoms with Crippen LogP contribution in [0.3, 0.4) is 0 Å². The van der Waals surface area contributed by atoms with Crippen LogP contribution in [-0.4, -0.2) is 10.6 Å². The Labute approximate surface area is 94.2 Å². The lowest BCUT2D eigenvalue weighted by atomic mass is 9.91. The van der Waals surface area contributed by atoms with Crippen LogP contribution in [0.15, 0.2) is 42.0 Å². The second-order valence-corrected chi connectivity index (χ2v) is 4.15. The number of benzene rings is 1. The maximum absolute atomic E-state index is 11.6. The fourth-order valence-corrected chi connectivity index (χ4v) is 2.33. The normalized spacial score (nSPS) is 23.8. The largest absolute Gasteiger partial charge is 0.390 e. The molecule has 1 aliphatic carbocycles. The molecule has 1 unspecified atom stereocenters. The molecular formula is C13H13NO2. The van der Waals surface area contributed by atoms with Gasteiger partial charge >= 0.3 is 0 Å². The molecule has 1 heterocycles. The van der Waals surface area contributed by atoms with Gasteiger partial charge in [0, 0.05) is 16.9 Å². The highest BCUT2D eigenvalue weighted by Crippen LogP contribution is 2.35. The zero-order chi connectivity index (χ0) is 11.0. The van der Waals surface area contributed by atoms with Gasteiger partial charge < -0.3 is 4.84 Å². The van der Waals surface area contributed by atoms with Crippen molar-refractivity contribution in [2.45, 2.75) is 25.4 Å². The molecule has 1 aromatic carbocycles. The summed E-state index contributed by atoms with van der Waals surface area (Å²) in [6, 6.07) is 9.89. The first kappa shape index (κ1) is 9.46. The zero-order valence-electron chi connectivity index (χ0n) is 8.93. The Hall–Kier alpha value is -1.77. The summed E-state index contributed by atoms with van der Waals surface area (Å²) in [7, 11) is 0. The van der Waals surface area contributed by atoms with Crippen molar-refractivity contribution in [3.63, 3.8) is 0 Å². The number of rotatable bonds is 1. The Morgan fingerprint density at radius 2 is 2.06 bits per heavy atom. The van der Waals surface area contributed by atoms with Gasteiger partial charge in [-0.3, -0.25) is 5.21 Å². The highest BCUT2D eigenvalue weighted by Gasteiger charge is 2.35. The van der Waals surface area contributed by atoms with Crippen molar-refractivity contribution in [1.82, 2.24) is 0 Å². The summed E-state index contributed by atoms with van der Waals surface area (Å²) in [5.41, 5.74) is 2.92. The molecule has 1 aromatic rings. The molecule has 0 N–H and O–H groups in total. The van der Waals surface area contributed by atoms with Crippen LogP contribution >= 0.6 is 0 Å². The van der Waals surface area contributed by atoms with Gasteiger partial charge in [-0.1, -0.05) is 36.4 Å². The summed E-state index contributed by atoms with van der Waals surface area (Å²) >= 11 is 0. The summed E-state index contributed by atoms with van der Waals surface area (Å²) < 4.78 is 0. The lowest BCUT2D eigenvalue weighted by Gasteiger charge is -2.14. The van der Waals surface area contributed by atoms with Gasteiger partial charge in [-0.2, -0.15) is 0 Å². The predicted octanol–water partition coefficient (Wildman–Crippen LogP) is 2.73. The van der Waals surface area contributed by atoms with Crippen LogP contribution in [0, 0.1) is 5.21 Å². The standard InChI is InChI=1S/C13H13NO2/c15-14-12-9-5-4-8-11(12)13(16-14)10-6-2-1-3-7-10/h1-3,6-8,13H,4-5,9H2. The van der Waals surface area contributed by atoms with Gasteiger partial charge in [-0.05, 0) is 18.4 Å². The van der Waals surface area contributed by atoms with Gasteiger partial charge in [0.05, 0.1) is 0 Å². The highest BCUT2D eigenvalue weighted by atomic mass is 16.9. The van der Waals surface area contributed by atoms with Gasteiger partial charge in [-0.25, -0.2) is 0 Å². The van der Waals surface area contributed by atoms with E-state index in [2.05, 4.69) is 6.08 Å². The van der Waals surface area contributed by atoms with Crippen molar-refractivity contribution in [3.8, 4) is 0 Å². The average molecular weight is 215 g/mol. The van der Waals surface area contributed by atoms with Crippen molar-refractivity contribution in [2.24, 2.45) is 0 Å². The second-order valence-electron chi connectivity index (χ2n) is 4.15. The summed E-state index contributed by atoms with van der Waals surface area (Å²) in [4.78, 5) is 6.06. The Balaban J connectivity index is 1.99. The van der Waals surface area contributed by atoms with Crippen LogP contribution in [0.5, 0.6) is 0 Å². The third kappa shape index (κ3) is 1.40. The Kier molecular flexibility index (Phi) is 2.17. The first-order valence-corrected chi connectivity index (χ1v) is 5.61. The number of hydrogen-bond donors (Lipinski definition) is 0. The molecule has 0 saturated carbocycles. The maximum Gasteiger partial charge on any atom is 0.249 e. The molecule has 3 rings (SSSR count). The smallest absolute Gasteiger partial charge is 0.249 e. The van der Waals surface area contributed by atoms with E-state index in [1.54, 1.807) is 0 Å². The van der Waals surface area contributed by atoms with E-state index in [9.17, 15) is 5.21 Å². The molecule has 0 fully saturated rings. The van der Waals surface area contributed by atoms with Crippen molar-refractivity contribution in [2.75, 3.05) is 0 Å². The van der Waals surface area contributed by atoms with E-state index < -0.39 is 0 Å². The molecule has 0 saturated heterocycles. The first-order valence-electron chi connectivity index (χ1n) is 5.61. The van der Waals surface area contributed by atoms with E-state index in [1.807, 2.05) is 30.3 Å². The molecule has 2 aliphatic rings. The number of nitrogens with zero attached hydrogens (tertiary/aromatic N) is 1. The fraction of sp³-hybridized carbons (Fsp3) is 0.308. The Morgan fingerprint density at radius 3 is 2.88 bits per heavy atom. The lowest BCUT2D eigenvalue weighted by molar-refractivity contribution is -0.743. The molecule has 0 radical (unpaired) electrons. The molecule has 82 valence electrons. The molecule has 0 aromatic heterocycles. The molecule has 16 heavy (non-hydrogen) atoms. The van der Waals surface area contributed by atoms with Crippen LogP contribution in [0.1, 0.15) is 30.9 Å². The number of hydrogen-bond acceptors (Lipinski definition) is 2. The van der Waals surface area contributed by atoms with E-state index in [-0.39, 0.29) is 6.10 Å². The monoisotopic (exact) mass is 215 g/mol. The van der Waals surface area contributed by atoms with E-state index in [1.165, 1.54) is 0 Å². The van der Waals surface area contributed by atoms with Crippen LogP contribution < -0.4 is 0 Å². The fourth-order valence-electron chi connectivity index (χ4n) is 2.33. The third-order valence-electron chi connectivity index (χ3n) is 3.12. The maximum atomic E-state index is 11.6. The number of fused-ring (bicyclic) bond motifs is 1. The average Bonchev–Trinajstić information content (AvgIpc) is 2.69. The summed E-state index contributed by atoms with van der Waals surface area (Å²) in [5.74, 6) is 0. The molecular weight excluding hydrogens is 202 g/mol. The Bertz CT molecular complexity index is 462. The highest BCUT2D eigenvalue weighted by molar-refractivity contribution is 5.98. The van der Waals surface area contributed by atoms with Crippen LogP contribution in [0.4, 0.5) is 0 Å². The predicted molar refractivity (Wildman–Crippen MR) is 60.8 cm³/mol. The second kappa shape index (κ2) is 3.67. The van der Waals surface area contributed by atoms with Gasteiger partial charge in [0.15, 0.2) is 0 Å². The summed E-state index contributed by atoms with van der Waals surface area (Å²) in [6.45, 7) is 0. The topological polar surface area (TPSA) is 35.3 Å². The molecule has 3 heteroatoms. The lowest BCUT2D eigenvalue weighted by Crippen LogP contribution is -2.11. The van der Waals surface area contributed by atoms with E-state index in [0.29, 0.717) is 4.90 Å². The van der Waals surface area contributed by atoms with Gasteiger partial charge in [0.25, 0.3) is 0 Å².